The van der Waals surface area contributed by atoms with E-state index < -0.39 is 0 Å². The molecule has 0 unspecified atom stereocenters. The lowest BCUT2D eigenvalue weighted by atomic mass is 10.1. The van der Waals surface area contributed by atoms with Gasteiger partial charge in [-0.3, -0.25) is 14.4 Å². The van der Waals surface area contributed by atoms with Crippen LogP contribution in [0.2, 0.25) is 0 Å². The Kier molecular flexibility index (Phi) is 5.12. The average Bonchev–Trinajstić information content (AvgIpc) is 2.63. The molecular formula is C20H21N3O4. The molecule has 1 aliphatic heterocycles. The molecule has 0 aliphatic carbocycles. The van der Waals surface area contributed by atoms with Crippen LogP contribution in [-0.4, -0.2) is 24.3 Å². The Labute approximate surface area is 157 Å². The van der Waals surface area contributed by atoms with Crippen molar-refractivity contribution in [3.05, 3.63) is 47.5 Å². The highest BCUT2D eigenvalue weighted by molar-refractivity contribution is 6.06. The third-order valence-electron chi connectivity index (χ3n) is 4.15. The molecule has 0 fully saturated rings. The number of carbonyl (C=O) groups is 3. The van der Waals surface area contributed by atoms with E-state index >= 15 is 0 Å². The summed E-state index contributed by atoms with van der Waals surface area (Å²) >= 11 is 0. The van der Waals surface area contributed by atoms with Crippen molar-refractivity contribution in [3.8, 4) is 5.75 Å². The maximum atomic E-state index is 12.6. The first-order chi connectivity index (χ1) is 12.8. The zero-order valence-corrected chi connectivity index (χ0v) is 15.4. The van der Waals surface area contributed by atoms with Crippen LogP contribution < -0.4 is 20.7 Å². The van der Waals surface area contributed by atoms with Crippen LogP contribution in [0.5, 0.6) is 5.75 Å². The van der Waals surface area contributed by atoms with Crippen molar-refractivity contribution in [2.24, 2.45) is 5.92 Å². The molecule has 7 heteroatoms. The van der Waals surface area contributed by atoms with Crippen molar-refractivity contribution in [2.45, 2.75) is 20.8 Å². The first-order valence-corrected chi connectivity index (χ1v) is 8.63. The van der Waals surface area contributed by atoms with Crippen molar-refractivity contribution < 1.29 is 19.1 Å². The van der Waals surface area contributed by atoms with Crippen LogP contribution in [0.25, 0.3) is 0 Å². The van der Waals surface area contributed by atoms with Crippen molar-refractivity contribution in [1.29, 1.82) is 0 Å². The number of hydrogen-bond acceptors (Lipinski definition) is 4. The minimum absolute atomic E-state index is 0.0746. The Morgan fingerprint density at radius 1 is 1.11 bits per heavy atom. The number of carbonyl (C=O) groups excluding carboxylic acids is 3. The SMILES string of the molecule is Cc1ccc(NC(=O)C(C)C)cc1NC(=O)c1ccc2c(c1)OCC(=O)N2. The van der Waals surface area contributed by atoms with E-state index in [9.17, 15) is 14.4 Å². The predicted molar refractivity (Wildman–Crippen MR) is 103 cm³/mol. The first kappa shape index (κ1) is 18.4. The van der Waals surface area contributed by atoms with Crippen molar-refractivity contribution in [3.63, 3.8) is 0 Å². The van der Waals surface area contributed by atoms with Gasteiger partial charge < -0.3 is 20.7 Å². The van der Waals surface area contributed by atoms with E-state index in [1.54, 1.807) is 30.3 Å². The first-order valence-electron chi connectivity index (χ1n) is 8.63. The Morgan fingerprint density at radius 3 is 2.63 bits per heavy atom. The summed E-state index contributed by atoms with van der Waals surface area (Å²) in [4.78, 5) is 35.8. The summed E-state index contributed by atoms with van der Waals surface area (Å²) in [5.41, 5.74) is 3.03. The molecule has 0 radical (unpaired) electrons. The van der Waals surface area contributed by atoms with Gasteiger partial charge in [0.1, 0.15) is 5.75 Å². The zero-order valence-electron chi connectivity index (χ0n) is 15.4. The minimum Gasteiger partial charge on any atom is -0.482 e. The third-order valence-corrected chi connectivity index (χ3v) is 4.15. The molecule has 3 N–H and O–H groups in total. The molecule has 3 amide bonds. The van der Waals surface area contributed by atoms with Crippen LogP contribution in [0.3, 0.4) is 0 Å². The summed E-state index contributed by atoms with van der Waals surface area (Å²) in [6.07, 6.45) is 0. The highest BCUT2D eigenvalue weighted by Gasteiger charge is 2.18. The second kappa shape index (κ2) is 7.49. The zero-order chi connectivity index (χ0) is 19.6. The van der Waals surface area contributed by atoms with E-state index in [0.717, 1.165) is 5.56 Å². The topological polar surface area (TPSA) is 96.5 Å². The molecule has 1 aliphatic rings. The molecule has 27 heavy (non-hydrogen) atoms. The van der Waals surface area contributed by atoms with Crippen LogP contribution >= 0.6 is 0 Å². The van der Waals surface area contributed by atoms with Crippen molar-refractivity contribution in [2.75, 3.05) is 22.6 Å². The third kappa shape index (κ3) is 4.25. The molecule has 140 valence electrons. The van der Waals surface area contributed by atoms with Crippen LogP contribution in [-0.2, 0) is 9.59 Å². The largest absolute Gasteiger partial charge is 0.482 e. The van der Waals surface area contributed by atoms with E-state index in [2.05, 4.69) is 16.0 Å². The van der Waals surface area contributed by atoms with Crippen LogP contribution in [0.4, 0.5) is 17.1 Å². The molecule has 0 spiro atoms. The number of fused-ring (bicyclic) bond motifs is 1. The van der Waals surface area contributed by atoms with E-state index in [1.165, 1.54) is 0 Å². The molecule has 0 saturated heterocycles. The van der Waals surface area contributed by atoms with Gasteiger partial charge in [0, 0.05) is 22.9 Å². The minimum atomic E-state index is -0.311. The number of aryl methyl sites for hydroxylation is 1. The molecule has 7 nitrogen and oxygen atoms in total. The van der Waals surface area contributed by atoms with Crippen LogP contribution in [0.15, 0.2) is 36.4 Å². The molecule has 0 atom stereocenters. The van der Waals surface area contributed by atoms with Gasteiger partial charge >= 0.3 is 0 Å². The fourth-order valence-electron chi connectivity index (χ4n) is 2.53. The van der Waals surface area contributed by atoms with Gasteiger partial charge in [-0.2, -0.15) is 0 Å². The molecule has 0 aromatic heterocycles. The lowest BCUT2D eigenvalue weighted by molar-refractivity contribution is -0.119. The van der Waals surface area contributed by atoms with Gasteiger partial charge in [-0.1, -0.05) is 19.9 Å². The summed E-state index contributed by atoms with van der Waals surface area (Å²) < 4.78 is 5.35. The van der Waals surface area contributed by atoms with Gasteiger partial charge in [-0.15, -0.1) is 0 Å². The normalized spacial score (nSPS) is 12.7. The van der Waals surface area contributed by atoms with E-state index in [1.807, 2.05) is 26.8 Å². The molecule has 0 saturated carbocycles. The maximum Gasteiger partial charge on any atom is 0.262 e. The second-order valence-corrected chi connectivity index (χ2v) is 6.68. The van der Waals surface area contributed by atoms with Crippen molar-refractivity contribution >= 4 is 34.8 Å². The van der Waals surface area contributed by atoms with E-state index in [4.69, 9.17) is 4.74 Å². The quantitative estimate of drug-likeness (QED) is 0.773. The van der Waals surface area contributed by atoms with Gasteiger partial charge in [0.2, 0.25) is 5.91 Å². The van der Waals surface area contributed by atoms with Crippen LogP contribution in [0, 0.1) is 12.8 Å². The molecular weight excluding hydrogens is 346 g/mol. The summed E-state index contributed by atoms with van der Waals surface area (Å²) in [7, 11) is 0. The Balaban J connectivity index is 1.77. The number of nitrogens with one attached hydrogen (secondary N) is 3. The summed E-state index contributed by atoms with van der Waals surface area (Å²) in [5, 5.41) is 8.35. The number of rotatable bonds is 4. The molecule has 3 rings (SSSR count). The maximum absolute atomic E-state index is 12.6. The number of anilines is 3. The summed E-state index contributed by atoms with van der Waals surface area (Å²) in [6, 6.07) is 10.2. The predicted octanol–water partition coefficient (Wildman–Crippen LogP) is 3.17. The number of benzene rings is 2. The number of ether oxygens (including phenoxy) is 1. The summed E-state index contributed by atoms with van der Waals surface area (Å²) in [5.74, 6) is -0.313. The fourth-order valence-corrected chi connectivity index (χ4v) is 2.53. The smallest absolute Gasteiger partial charge is 0.262 e. The lowest BCUT2D eigenvalue weighted by Gasteiger charge is -2.18. The van der Waals surface area contributed by atoms with Gasteiger partial charge in [0.25, 0.3) is 11.8 Å². The Morgan fingerprint density at radius 2 is 1.89 bits per heavy atom. The summed E-state index contributed by atoms with van der Waals surface area (Å²) in [6.45, 7) is 5.42. The molecule has 2 aromatic carbocycles. The monoisotopic (exact) mass is 367 g/mol. The molecule has 0 bridgehead atoms. The van der Waals surface area contributed by atoms with Gasteiger partial charge in [0.15, 0.2) is 6.61 Å². The van der Waals surface area contributed by atoms with Gasteiger partial charge in [0.05, 0.1) is 5.69 Å². The van der Waals surface area contributed by atoms with E-state index in [0.29, 0.717) is 28.4 Å². The Hall–Kier alpha value is -3.35. The van der Waals surface area contributed by atoms with Crippen LogP contribution in [0.1, 0.15) is 29.8 Å². The van der Waals surface area contributed by atoms with Crippen molar-refractivity contribution in [1.82, 2.24) is 0 Å². The fraction of sp³-hybridized carbons (Fsp3) is 0.250. The van der Waals surface area contributed by atoms with E-state index in [-0.39, 0.29) is 30.2 Å². The standard InChI is InChI=1S/C20H21N3O4/c1-11(2)19(25)21-14-6-4-12(3)16(9-14)23-20(26)13-5-7-15-17(8-13)27-10-18(24)22-15/h4-9,11H,10H2,1-3H3,(H,21,25)(H,22,24)(H,23,26). The highest BCUT2D eigenvalue weighted by atomic mass is 16.5. The average molecular weight is 367 g/mol. The van der Waals surface area contributed by atoms with Gasteiger partial charge in [-0.25, -0.2) is 0 Å². The number of amides is 3. The second-order valence-electron chi connectivity index (χ2n) is 6.68. The molecule has 2 aromatic rings. The molecule has 1 heterocycles. The Bertz CT molecular complexity index is 921. The lowest BCUT2D eigenvalue weighted by Crippen LogP contribution is -2.25. The van der Waals surface area contributed by atoms with Gasteiger partial charge in [-0.05, 0) is 42.8 Å². The number of hydrogen-bond donors (Lipinski definition) is 3. The highest BCUT2D eigenvalue weighted by Crippen LogP contribution is 2.29.